The van der Waals surface area contributed by atoms with E-state index in [0.29, 0.717) is 33.0 Å². The summed E-state index contributed by atoms with van der Waals surface area (Å²) in [7, 11) is 0. The van der Waals surface area contributed by atoms with Gasteiger partial charge in [0, 0.05) is 42.1 Å². The molecule has 4 aromatic rings. The van der Waals surface area contributed by atoms with Crippen molar-refractivity contribution in [3.05, 3.63) is 112 Å². The molecule has 0 aliphatic rings. The molecule has 10 heteroatoms. The van der Waals surface area contributed by atoms with Crippen LogP contribution in [0.25, 0.3) is 12.2 Å². The number of phenols is 1. The Kier molecular flexibility index (Phi) is 10.1. The second kappa shape index (κ2) is 13.9. The first-order chi connectivity index (χ1) is 21.3. The molecular formula is C35H29ClO9. The van der Waals surface area contributed by atoms with E-state index in [-0.39, 0.29) is 28.8 Å². The Balaban J connectivity index is 1.46. The lowest BCUT2D eigenvalue weighted by atomic mass is 10.0. The maximum Gasteiger partial charge on any atom is 0.355 e. The summed E-state index contributed by atoms with van der Waals surface area (Å²) >= 11 is 5.90. The number of carbonyl (C=O) groups is 4. The predicted molar refractivity (Wildman–Crippen MR) is 168 cm³/mol. The number of esters is 3. The zero-order valence-electron chi connectivity index (χ0n) is 24.8. The largest absolute Gasteiger partial charge is 0.508 e. The molecule has 4 rings (SSSR count). The molecule has 0 spiro atoms. The highest BCUT2D eigenvalue weighted by atomic mass is 35.5. The smallest absolute Gasteiger partial charge is 0.355 e. The van der Waals surface area contributed by atoms with E-state index in [4.69, 9.17) is 30.5 Å². The highest BCUT2D eigenvalue weighted by Crippen LogP contribution is 2.28. The van der Waals surface area contributed by atoms with Crippen molar-refractivity contribution in [1.82, 2.24) is 0 Å². The van der Waals surface area contributed by atoms with Crippen molar-refractivity contribution in [2.24, 2.45) is 0 Å². The van der Waals surface area contributed by atoms with Gasteiger partial charge in [0.2, 0.25) is 5.60 Å². The molecule has 230 valence electrons. The van der Waals surface area contributed by atoms with Crippen molar-refractivity contribution in [3.8, 4) is 28.7 Å². The van der Waals surface area contributed by atoms with E-state index in [1.165, 1.54) is 52.0 Å². The van der Waals surface area contributed by atoms with E-state index < -0.39 is 23.5 Å². The van der Waals surface area contributed by atoms with E-state index in [1.807, 2.05) is 0 Å². The van der Waals surface area contributed by atoms with Gasteiger partial charge in [-0.05, 0) is 97.8 Å². The van der Waals surface area contributed by atoms with Gasteiger partial charge >= 0.3 is 17.9 Å². The average molecular weight is 629 g/mol. The molecule has 4 aromatic carbocycles. The molecule has 1 N–H and O–H groups in total. The van der Waals surface area contributed by atoms with Crippen LogP contribution in [0.4, 0.5) is 0 Å². The van der Waals surface area contributed by atoms with Crippen LogP contribution in [-0.2, 0) is 14.4 Å². The lowest BCUT2D eigenvalue weighted by molar-refractivity contribution is -0.149. The molecule has 0 bridgehead atoms. The van der Waals surface area contributed by atoms with Gasteiger partial charge in [-0.25, -0.2) is 4.79 Å². The third kappa shape index (κ3) is 9.29. The van der Waals surface area contributed by atoms with Gasteiger partial charge in [0.15, 0.2) is 5.78 Å². The molecule has 0 fully saturated rings. The van der Waals surface area contributed by atoms with Gasteiger partial charge in [0.1, 0.15) is 28.7 Å². The molecule has 0 saturated heterocycles. The first kappa shape index (κ1) is 32.5. The SMILES string of the molecule is CC(=O)Oc1cc(/C=C/c2cc(O)cc(OC(=O)C(C)(C)Oc3ccc(C(=O)c4ccc(Cl)cc4)cc3)c2)cc(OC(C)=O)c1. The predicted octanol–water partition coefficient (Wildman–Crippen LogP) is 7.06. The van der Waals surface area contributed by atoms with Gasteiger partial charge in [-0.2, -0.15) is 0 Å². The number of hydrogen-bond donors (Lipinski definition) is 1. The Bertz CT molecular complexity index is 1740. The number of phenolic OH excluding ortho intramolecular Hbond substituents is 1. The van der Waals surface area contributed by atoms with Crippen LogP contribution in [0.2, 0.25) is 5.02 Å². The van der Waals surface area contributed by atoms with Crippen molar-refractivity contribution >= 4 is 47.4 Å². The standard InChI is InChI=1S/C35H29ClO9/c1-21(37)42-31-17-24(18-32(20-31)43-22(2)38)6-5-23-15-28(39)19-30(16-23)44-34(41)35(3,4)45-29-13-9-26(10-14-29)33(40)25-7-11-27(36)12-8-25/h5-20,39H,1-4H3/b6-5+. The van der Waals surface area contributed by atoms with E-state index in [1.54, 1.807) is 72.8 Å². The zero-order chi connectivity index (χ0) is 32.7. The summed E-state index contributed by atoms with van der Waals surface area (Å²) in [5.41, 5.74) is 0.491. The minimum atomic E-state index is -1.44. The quantitative estimate of drug-likeness (QED) is 0.0850. The normalized spacial score (nSPS) is 11.1. The molecule has 9 nitrogen and oxygen atoms in total. The van der Waals surface area contributed by atoms with Gasteiger partial charge in [-0.1, -0.05) is 23.8 Å². The highest BCUT2D eigenvalue weighted by molar-refractivity contribution is 6.30. The summed E-state index contributed by atoms with van der Waals surface area (Å²) in [5, 5.41) is 10.8. The van der Waals surface area contributed by atoms with Crippen LogP contribution in [0.1, 0.15) is 54.7 Å². The highest BCUT2D eigenvalue weighted by Gasteiger charge is 2.32. The monoisotopic (exact) mass is 628 g/mol. The van der Waals surface area contributed by atoms with Gasteiger partial charge in [-0.15, -0.1) is 0 Å². The average Bonchev–Trinajstić information content (AvgIpc) is 2.95. The molecule has 0 heterocycles. The molecule has 0 aliphatic carbocycles. The third-order valence-corrected chi connectivity index (χ3v) is 6.36. The Morgan fingerprint density at radius 1 is 0.644 bits per heavy atom. The molecule has 0 unspecified atom stereocenters. The van der Waals surface area contributed by atoms with Crippen LogP contribution >= 0.6 is 11.6 Å². The lowest BCUT2D eigenvalue weighted by Crippen LogP contribution is -2.41. The van der Waals surface area contributed by atoms with Crippen molar-refractivity contribution in [2.75, 3.05) is 0 Å². The van der Waals surface area contributed by atoms with E-state index >= 15 is 0 Å². The molecule has 0 atom stereocenters. The maximum absolute atomic E-state index is 13.1. The summed E-state index contributed by atoms with van der Waals surface area (Å²) in [6, 6.07) is 21.7. The van der Waals surface area contributed by atoms with E-state index in [0.717, 1.165) is 0 Å². The number of ether oxygens (including phenoxy) is 4. The molecule has 0 aromatic heterocycles. The Labute approximate surface area is 264 Å². The second-order valence-electron chi connectivity index (χ2n) is 10.4. The molecule has 0 amide bonds. The fraction of sp³-hybridized carbons (Fsp3) is 0.143. The Morgan fingerprint density at radius 2 is 1.11 bits per heavy atom. The van der Waals surface area contributed by atoms with Crippen molar-refractivity contribution in [2.45, 2.75) is 33.3 Å². The van der Waals surface area contributed by atoms with Crippen molar-refractivity contribution in [3.63, 3.8) is 0 Å². The van der Waals surface area contributed by atoms with E-state index in [9.17, 15) is 24.3 Å². The number of ketones is 1. The van der Waals surface area contributed by atoms with Gasteiger partial charge in [-0.3, -0.25) is 14.4 Å². The number of rotatable bonds is 10. The van der Waals surface area contributed by atoms with Crippen LogP contribution in [-0.4, -0.2) is 34.4 Å². The topological polar surface area (TPSA) is 125 Å². The first-order valence-corrected chi connectivity index (χ1v) is 14.0. The number of carbonyl (C=O) groups excluding carboxylic acids is 4. The number of benzene rings is 4. The van der Waals surface area contributed by atoms with Gasteiger partial charge < -0.3 is 24.1 Å². The minimum absolute atomic E-state index is 0.0644. The summed E-state index contributed by atoms with van der Waals surface area (Å²) in [6.07, 6.45) is 3.25. The van der Waals surface area contributed by atoms with Gasteiger partial charge in [0.05, 0.1) is 0 Å². The summed E-state index contributed by atoms with van der Waals surface area (Å²) in [5.74, 6) is -1.41. The molecule has 0 radical (unpaired) electrons. The molecule has 0 aliphatic heterocycles. The van der Waals surface area contributed by atoms with Crippen molar-refractivity contribution in [1.29, 1.82) is 0 Å². The zero-order valence-corrected chi connectivity index (χ0v) is 25.6. The number of halogens is 1. The summed E-state index contributed by atoms with van der Waals surface area (Å²) < 4.78 is 21.7. The fourth-order valence-electron chi connectivity index (χ4n) is 4.10. The lowest BCUT2D eigenvalue weighted by Gasteiger charge is -2.24. The third-order valence-electron chi connectivity index (χ3n) is 6.11. The van der Waals surface area contributed by atoms with Gasteiger partial charge in [0.25, 0.3) is 0 Å². The number of aromatic hydroxyl groups is 1. The first-order valence-electron chi connectivity index (χ1n) is 13.6. The van der Waals surface area contributed by atoms with Crippen LogP contribution in [0, 0.1) is 0 Å². The Hall–Kier alpha value is -5.41. The summed E-state index contributed by atoms with van der Waals surface area (Å²) in [4.78, 5) is 48.7. The van der Waals surface area contributed by atoms with Crippen molar-refractivity contribution < 1.29 is 43.2 Å². The second-order valence-corrected chi connectivity index (χ2v) is 10.8. The molecular weight excluding hydrogens is 600 g/mol. The molecule has 0 saturated carbocycles. The summed E-state index contributed by atoms with van der Waals surface area (Å²) in [6.45, 7) is 5.56. The van der Waals surface area contributed by atoms with Crippen LogP contribution in [0.15, 0.2) is 84.9 Å². The van der Waals surface area contributed by atoms with Crippen LogP contribution in [0.3, 0.4) is 0 Å². The molecule has 45 heavy (non-hydrogen) atoms. The van der Waals surface area contributed by atoms with Crippen LogP contribution < -0.4 is 18.9 Å². The maximum atomic E-state index is 13.1. The fourth-order valence-corrected chi connectivity index (χ4v) is 4.23. The van der Waals surface area contributed by atoms with E-state index in [2.05, 4.69) is 0 Å². The Morgan fingerprint density at radius 3 is 1.62 bits per heavy atom. The number of hydrogen-bond acceptors (Lipinski definition) is 9. The minimum Gasteiger partial charge on any atom is -0.508 e. The van der Waals surface area contributed by atoms with Crippen LogP contribution in [0.5, 0.6) is 28.7 Å².